The SMILES string of the molecule is OCc1ccc(Oc2nn(Cc3ccccc3)c3ccccc23)o1. The van der Waals surface area contributed by atoms with Crippen LogP contribution in [-0.2, 0) is 13.2 Å². The van der Waals surface area contributed by atoms with Gasteiger partial charge in [-0.05, 0) is 23.8 Å². The molecule has 2 heterocycles. The van der Waals surface area contributed by atoms with E-state index in [1.807, 2.05) is 47.1 Å². The van der Waals surface area contributed by atoms with Crippen molar-refractivity contribution in [3.8, 4) is 11.8 Å². The smallest absolute Gasteiger partial charge is 0.291 e. The monoisotopic (exact) mass is 320 g/mol. The van der Waals surface area contributed by atoms with E-state index in [0.717, 1.165) is 16.5 Å². The number of fused-ring (bicyclic) bond motifs is 1. The topological polar surface area (TPSA) is 60.4 Å². The van der Waals surface area contributed by atoms with Gasteiger partial charge in [0.2, 0.25) is 5.88 Å². The number of ether oxygens (including phenoxy) is 1. The zero-order valence-electron chi connectivity index (χ0n) is 12.9. The van der Waals surface area contributed by atoms with Gasteiger partial charge < -0.3 is 14.3 Å². The number of para-hydroxylation sites is 1. The molecule has 0 aliphatic carbocycles. The van der Waals surface area contributed by atoms with Crippen molar-refractivity contribution in [2.45, 2.75) is 13.2 Å². The molecule has 0 saturated carbocycles. The Labute approximate surface area is 138 Å². The van der Waals surface area contributed by atoms with Gasteiger partial charge in [-0.3, -0.25) is 4.68 Å². The molecule has 0 radical (unpaired) electrons. The number of rotatable bonds is 5. The summed E-state index contributed by atoms with van der Waals surface area (Å²) in [5.74, 6) is 1.26. The average molecular weight is 320 g/mol. The Balaban J connectivity index is 1.70. The summed E-state index contributed by atoms with van der Waals surface area (Å²) in [4.78, 5) is 0. The zero-order chi connectivity index (χ0) is 16.4. The summed E-state index contributed by atoms with van der Waals surface area (Å²) in [5.41, 5.74) is 2.16. The van der Waals surface area contributed by atoms with E-state index >= 15 is 0 Å². The highest BCUT2D eigenvalue weighted by Crippen LogP contribution is 2.30. The molecule has 0 amide bonds. The fourth-order valence-corrected chi connectivity index (χ4v) is 2.64. The van der Waals surface area contributed by atoms with E-state index in [1.54, 1.807) is 12.1 Å². The van der Waals surface area contributed by atoms with Crippen LogP contribution in [0.3, 0.4) is 0 Å². The van der Waals surface area contributed by atoms with E-state index in [-0.39, 0.29) is 6.61 Å². The molecule has 1 N–H and O–H groups in total. The summed E-state index contributed by atoms with van der Waals surface area (Å²) in [6, 6.07) is 21.4. The lowest BCUT2D eigenvalue weighted by molar-refractivity contribution is 0.230. The second-order valence-corrected chi connectivity index (χ2v) is 5.45. The highest BCUT2D eigenvalue weighted by atomic mass is 16.6. The largest absolute Gasteiger partial charge is 0.428 e. The maximum Gasteiger partial charge on any atom is 0.291 e. The van der Waals surface area contributed by atoms with Crippen LogP contribution >= 0.6 is 0 Å². The Morgan fingerprint density at radius 1 is 0.958 bits per heavy atom. The van der Waals surface area contributed by atoms with Gasteiger partial charge in [0.05, 0.1) is 17.4 Å². The number of hydrogen-bond donors (Lipinski definition) is 1. The first-order valence-corrected chi connectivity index (χ1v) is 7.70. The molecular weight excluding hydrogens is 304 g/mol. The van der Waals surface area contributed by atoms with Crippen LogP contribution in [0.25, 0.3) is 10.9 Å². The van der Waals surface area contributed by atoms with Crippen LogP contribution < -0.4 is 4.74 Å². The van der Waals surface area contributed by atoms with Crippen LogP contribution in [0.15, 0.2) is 71.1 Å². The predicted octanol–water partition coefficient (Wildman–Crippen LogP) is 3.96. The van der Waals surface area contributed by atoms with Crippen LogP contribution in [0.5, 0.6) is 11.8 Å². The molecule has 4 rings (SSSR count). The van der Waals surface area contributed by atoms with E-state index < -0.39 is 0 Å². The minimum Gasteiger partial charge on any atom is -0.428 e. The Bertz CT molecular complexity index is 957. The first-order valence-electron chi connectivity index (χ1n) is 7.70. The molecule has 0 bridgehead atoms. The first-order chi connectivity index (χ1) is 11.8. The Morgan fingerprint density at radius 3 is 2.54 bits per heavy atom. The second kappa shape index (κ2) is 6.22. The third-order valence-electron chi connectivity index (χ3n) is 3.79. The number of aliphatic hydroxyl groups excluding tert-OH is 1. The molecule has 0 atom stereocenters. The first kappa shape index (κ1) is 14.5. The minimum atomic E-state index is -0.160. The number of benzene rings is 2. The van der Waals surface area contributed by atoms with E-state index in [1.165, 1.54) is 0 Å². The number of aromatic nitrogens is 2. The third kappa shape index (κ3) is 2.77. The quantitative estimate of drug-likeness (QED) is 0.604. The van der Waals surface area contributed by atoms with E-state index in [9.17, 15) is 0 Å². The zero-order valence-corrected chi connectivity index (χ0v) is 12.9. The molecule has 0 unspecified atom stereocenters. The van der Waals surface area contributed by atoms with Gasteiger partial charge in [-0.2, -0.15) is 0 Å². The van der Waals surface area contributed by atoms with Gasteiger partial charge in [0.15, 0.2) is 0 Å². The lowest BCUT2D eigenvalue weighted by Crippen LogP contribution is -2.01. The Morgan fingerprint density at radius 2 is 1.75 bits per heavy atom. The van der Waals surface area contributed by atoms with Crippen molar-refractivity contribution in [1.82, 2.24) is 9.78 Å². The van der Waals surface area contributed by atoms with Crippen molar-refractivity contribution >= 4 is 10.9 Å². The summed E-state index contributed by atoms with van der Waals surface area (Å²) >= 11 is 0. The predicted molar refractivity (Wildman–Crippen MR) is 90.0 cm³/mol. The normalized spacial score (nSPS) is 11.0. The molecule has 120 valence electrons. The molecule has 2 aromatic carbocycles. The molecular formula is C19H16N2O3. The summed E-state index contributed by atoms with van der Waals surface area (Å²) < 4.78 is 13.1. The maximum absolute atomic E-state index is 9.09. The van der Waals surface area contributed by atoms with Crippen LogP contribution in [0.4, 0.5) is 0 Å². The Kier molecular flexibility index (Phi) is 3.76. The second-order valence-electron chi connectivity index (χ2n) is 5.45. The summed E-state index contributed by atoms with van der Waals surface area (Å²) in [5, 5.41) is 14.6. The highest BCUT2D eigenvalue weighted by molar-refractivity contribution is 5.84. The maximum atomic E-state index is 9.09. The fourth-order valence-electron chi connectivity index (χ4n) is 2.64. The van der Waals surface area contributed by atoms with Gasteiger partial charge in [-0.1, -0.05) is 42.5 Å². The molecule has 24 heavy (non-hydrogen) atoms. The van der Waals surface area contributed by atoms with Gasteiger partial charge in [0.25, 0.3) is 5.95 Å². The van der Waals surface area contributed by atoms with Crippen LogP contribution in [0.2, 0.25) is 0 Å². The van der Waals surface area contributed by atoms with Crippen molar-refractivity contribution in [3.05, 3.63) is 78.1 Å². The Hall–Kier alpha value is -3.05. The summed E-state index contributed by atoms with van der Waals surface area (Å²) in [6.45, 7) is 0.497. The van der Waals surface area contributed by atoms with Crippen LogP contribution in [0, 0.1) is 0 Å². The van der Waals surface area contributed by atoms with Gasteiger partial charge in [0.1, 0.15) is 12.4 Å². The third-order valence-corrected chi connectivity index (χ3v) is 3.79. The molecule has 2 aromatic heterocycles. The number of furan rings is 1. The van der Waals surface area contributed by atoms with E-state index in [2.05, 4.69) is 17.2 Å². The molecule has 0 spiro atoms. The van der Waals surface area contributed by atoms with Gasteiger partial charge in [-0.25, -0.2) is 0 Å². The molecule has 0 aliphatic heterocycles. The van der Waals surface area contributed by atoms with Crippen molar-refractivity contribution in [3.63, 3.8) is 0 Å². The van der Waals surface area contributed by atoms with Crippen molar-refractivity contribution < 1.29 is 14.3 Å². The lowest BCUT2D eigenvalue weighted by Gasteiger charge is -2.03. The fraction of sp³-hybridized carbons (Fsp3) is 0.105. The number of aliphatic hydroxyl groups is 1. The van der Waals surface area contributed by atoms with Gasteiger partial charge >= 0.3 is 0 Å². The van der Waals surface area contributed by atoms with Crippen molar-refractivity contribution in [2.75, 3.05) is 0 Å². The molecule has 0 aliphatic rings. The van der Waals surface area contributed by atoms with Crippen molar-refractivity contribution in [2.24, 2.45) is 0 Å². The van der Waals surface area contributed by atoms with Crippen LogP contribution in [-0.4, -0.2) is 14.9 Å². The number of nitrogens with zero attached hydrogens (tertiary/aromatic N) is 2. The number of hydrogen-bond acceptors (Lipinski definition) is 4. The van der Waals surface area contributed by atoms with Crippen molar-refractivity contribution in [1.29, 1.82) is 0 Å². The average Bonchev–Trinajstić information content (AvgIpc) is 3.22. The molecule has 5 nitrogen and oxygen atoms in total. The van der Waals surface area contributed by atoms with E-state index in [4.69, 9.17) is 14.3 Å². The molecule has 0 fully saturated rings. The molecule has 5 heteroatoms. The summed E-state index contributed by atoms with van der Waals surface area (Å²) in [7, 11) is 0. The highest BCUT2D eigenvalue weighted by Gasteiger charge is 2.14. The standard InChI is InChI=1S/C19H16N2O3/c22-13-15-10-11-18(23-15)24-19-16-8-4-5-9-17(16)21(20-19)12-14-6-2-1-3-7-14/h1-11,22H,12-13H2. The molecule has 4 aromatic rings. The van der Waals surface area contributed by atoms with Gasteiger partial charge in [0, 0.05) is 6.07 Å². The van der Waals surface area contributed by atoms with E-state index in [0.29, 0.717) is 24.1 Å². The molecule has 0 saturated heterocycles. The van der Waals surface area contributed by atoms with Gasteiger partial charge in [-0.15, -0.1) is 5.10 Å². The van der Waals surface area contributed by atoms with Crippen LogP contribution in [0.1, 0.15) is 11.3 Å². The minimum absolute atomic E-state index is 0.160. The summed E-state index contributed by atoms with van der Waals surface area (Å²) in [6.07, 6.45) is 0. The lowest BCUT2D eigenvalue weighted by atomic mass is 10.2.